The zero-order valence-electron chi connectivity index (χ0n) is 14.0. The molecule has 132 valence electrons. The number of carboxylic acid groups (broad SMARTS) is 1. The Bertz CT molecular complexity index is 564. The van der Waals surface area contributed by atoms with Crippen LogP contribution >= 0.6 is 11.6 Å². The first-order valence-corrected chi connectivity index (χ1v) is 9.41. The molecule has 3 rings (SSSR count). The Kier molecular flexibility index (Phi) is 6.01. The van der Waals surface area contributed by atoms with Crippen LogP contribution in [-0.2, 0) is 11.3 Å². The van der Waals surface area contributed by atoms with Crippen LogP contribution in [0.4, 0.5) is 0 Å². The molecule has 2 saturated carbocycles. The minimum Gasteiger partial charge on any atom is -0.490 e. The summed E-state index contributed by atoms with van der Waals surface area (Å²) in [6, 6.07) is 6.20. The van der Waals surface area contributed by atoms with E-state index in [-0.39, 0.29) is 5.92 Å². The fourth-order valence-electron chi connectivity index (χ4n) is 3.79. The molecule has 2 N–H and O–H groups in total. The third-order valence-corrected chi connectivity index (χ3v) is 5.51. The molecule has 24 heavy (non-hydrogen) atoms. The SMILES string of the molecule is O=C(O)C1CCC(NCc2cc(Cl)ccc2OC2CCCC2)CC1. The molecule has 2 aliphatic rings. The molecule has 4 nitrogen and oxygen atoms in total. The molecule has 1 aromatic rings. The van der Waals surface area contributed by atoms with Crippen LogP contribution in [0.1, 0.15) is 56.9 Å². The van der Waals surface area contributed by atoms with Gasteiger partial charge in [0, 0.05) is 23.2 Å². The lowest BCUT2D eigenvalue weighted by Crippen LogP contribution is -2.34. The van der Waals surface area contributed by atoms with Crippen molar-refractivity contribution in [3.63, 3.8) is 0 Å². The largest absolute Gasteiger partial charge is 0.490 e. The monoisotopic (exact) mass is 351 g/mol. The van der Waals surface area contributed by atoms with E-state index in [9.17, 15) is 4.79 Å². The molecular formula is C19H26ClNO3. The van der Waals surface area contributed by atoms with Gasteiger partial charge in [0.15, 0.2) is 0 Å². The van der Waals surface area contributed by atoms with Gasteiger partial charge in [0.25, 0.3) is 0 Å². The fraction of sp³-hybridized carbons (Fsp3) is 0.632. The van der Waals surface area contributed by atoms with Crippen LogP contribution in [0, 0.1) is 5.92 Å². The Labute approximate surface area is 148 Å². The maximum atomic E-state index is 11.0. The molecule has 0 aliphatic heterocycles. The van der Waals surface area contributed by atoms with Crippen molar-refractivity contribution in [3.05, 3.63) is 28.8 Å². The van der Waals surface area contributed by atoms with E-state index in [1.54, 1.807) is 0 Å². The molecule has 2 aliphatic carbocycles. The van der Waals surface area contributed by atoms with Crippen LogP contribution in [0.25, 0.3) is 0 Å². The number of carbonyl (C=O) groups is 1. The molecule has 2 fully saturated rings. The highest BCUT2D eigenvalue weighted by atomic mass is 35.5. The van der Waals surface area contributed by atoms with Gasteiger partial charge in [-0.2, -0.15) is 0 Å². The summed E-state index contributed by atoms with van der Waals surface area (Å²) in [5, 5.41) is 13.4. The summed E-state index contributed by atoms with van der Waals surface area (Å²) >= 11 is 6.16. The number of ether oxygens (including phenoxy) is 1. The molecule has 0 radical (unpaired) electrons. The standard InChI is InChI=1S/C19H26ClNO3/c20-15-7-10-18(24-17-3-1-2-4-17)14(11-15)12-21-16-8-5-13(6-9-16)19(22)23/h7,10-11,13,16-17,21H,1-6,8-9,12H2,(H,22,23). The molecule has 0 saturated heterocycles. The Morgan fingerprint density at radius 1 is 1.17 bits per heavy atom. The highest BCUT2D eigenvalue weighted by Gasteiger charge is 2.26. The summed E-state index contributed by atoms with van der Waals surface area (Å²) in [6.45, 7) is 0.713. The lowest BCUT2D eigenvalue weighted by Gasteiger charge is -2.27. The van der Waals surface area contributed by atoms with E-state index >= 15 is 0 Å². The van der Waals surface area contributed by atoms with Crippen LogP contribution in [0.2, 0.25) is 5.02 Å². The molecule has 0 unspecified atom stereocenters. The van der Waals surface area contributed by atoms with Gasteiger partial charge in [-0.1, -0.05) is 11.6 Å². The maximum Gasteiger partial charge on any atom is 0.306 e. The third-order valence-electron chi connectivity index (χ3n) is 5.28. The second kappa shape index (κ2) is 8.21. The van der Waals surface area contributed by atoms with E-state index in [0.29, 0.717) is 18.7 Å². The summed E-state index contributed by atoms with van der Waals surface area (Å²) in [7, 11) is 0. The van der Waals surface area contributed by atoms with Gasteiger partial charge in [-0.3, -0.25) is 4.79 Å². The first kappa shape index (κ1) is 17.6. The quantitative estimate of drug-likeness (QED) is 0.797. The van der Waals surface area contributed by atoms with Gasteiger partial charge in [-0.25, -0.2) is 0 Å². The minimum atomic E-state index is -0.657. The van der Waals surface area contributed by atoms with Crippen LogP contribution < -0.4 is 10.1 Å². The maximum absolute atomic E-state index is 11.0. The van der Waals surface area contributed by atoms with Gasteiger partial charge in [0.1, 0.15) is 5.75 Å². The average Bonchev–Trinajstić information content (AvgIpc) is 3.08. The molecule has 0 spiro atoms. The number of nitrogens with one attached hydrogen (secondary N) is 1. The molecular weight excluding hydrogens is 326 g/mol. The first-order chi connectivity index (χ1) is 11.6. The third kappa shape index (κ3) is 4.64. The van der Waals surface area contributed by atoms with E-state index < -0.39 is 5.97 Å². The Morgan fingerprint density at radius 2 is 1.88 bits per heavy atom. The summed E-state index contributed by atoms with van der Waals surface area (Å²) in [5.41, 5.74) is 1.09. The summed E-state index contributed by atoms with van der Waals surface area (Å²) < 4.78 is 6.17. The topological polar surface area (TPSA) is 58.6 Å². The van der Waals surface area contributed by atoms with Crippen LogP contribution in [0.3, 0.4) is 0 Å². The molecule has 0 atom stereocenters. The van der Waals surface area contributed by atoms with E-state index in [2.05, 4.69) is 5.32 Å². The van der Waals surface area contributed by atoms with Crippen LogP contribution in [-0.4, -0.2) is 23.2 Å². The number of benzene rings is 1. The zero-order valence-corrected chi connectivity index (χ0v) is 14.7. The predicted molar refractivity (Wildman–Crippen MR) is 94.6 cm³/mol. The molecule has 0 aromatic heterocycles. The van der Waals surface area contributed by atoms with Crippen molar-refractivity contribution < 1.29 is 14.6 Å². The van der Waals surface area contributed by atoms with Crippen LogP contribution in [0.15, 0.2) is 18.2 Å². The normalized spacial score (nSPS) is 24.9. The number of carboxylic acids is 1. The lowest BCUT2D eigenvalue weighted by atomic mass is 9.86. The summed E-state index contributed by atoms with van der Waals surface area (Å²) in [5.74, 6) is 0.101. The van der Waals surface area contributed by atoms with Crippen LogP contribution in [0.5, 0.6) is 5.75 Å². The fourth-order valence-corrected chi connectivity index (χ4v) is 3.98. The molecule has 0 heterocycles. The molecule has 0 bridgehead atoms. The summed E-state index contributed by atoms with van der Waals surface area (Å²) in [4.78, 5) is 11.0. The lowest BCUT2D eigenvalue weighted by molar-refractivity contribution is -0.142. The van der Waals surface area contributed by atoms with Crippen molar-refractivity contribution in [2.75, 3.05) is 0 Å². The van der Waals surface area contributed by atoms with Crippen molar-refractivity contribution in [3.8, 4) is 5.75 Å². The van der Waals surface area contributed by atoms with Crippen molar-refractivity contribution in [2.45, 2.75) is 70.1 Å². The number of rotatable bonds is 6. The Balaban J connectivity index is 1.56. The molecule has 1 aromatic carbocycles. The Hall–Kier alpha value is -1.26. The number of hydrogen-bond acceptors (Lipinski definition) is 3. The Morgan fingerprint density at radius 3 is 2.54 bits per heavy atom. The van der Waals surface area contributed by atoms with Crippen molar-refractivity contribution in [1.82, 2.24) is 5.32 Å². The second-order valence-corrected chi connectivity index (χ2v) is 7.48. The number of aliphatic carboxylic acids is 1. The summed E-state index contributed by atoms with van der Waals surface area (Å²) in [6.07, 6.45) is 8.44. The smallest absolute Gasteiger partial charge is 0.306 e. The molecule has 5 heteroatoms. The van der Waals surface area contributed by atoms with Crippen molar-refractivity contribution in [2.24, 2.45) is 5.92 Å². The zero-order chi connectivity index (χ0) is 16.9. The highest BCUT2D eigenvalue weighted by Crippen LogP contribution is 2.30. The predicted octanol–water partition coefficient (Wildman–Crippen LogP) is 4.39. The van der Waals surface area contributed by atoms with E-state index in [1.165, 1.54) is 12.8 Å². The van der Waals surface area contributed by atoms with E-state index in [4.69, 9.17) is 21.4 Å². The first-order valence-electron chi connectivity index (χ1n) is 9.03. The van der Waals surface area contributed by atoms with Gasteiger partial charge >= 0.3 is 5.97 Å². The van der Waals surface area contributed by atoms with Gasteiger partial charge in [0.2, 0.25) is 0 Å². The number of halogens is 1. The average molecular weight is 352 g/mol. The van der Waals surface area contributed by atoms with E-state index in [1.807, 2.05) is 18.2 Å². The van der Waals surface area contributed by atoms with Crippen molar-refractivity contribution >= 4 is 17.6 Å². The van der Waals surface area contributed by atoms with Crippen molar-refractivity contribution in [1.29, 1.82) is 0 Å². The van der Waals surface area contributed by atoms with Gasteiger partial charge < -0.3 is 15.2 Å². The number of hydrogen-bond donors (Lipinski definition) is 2. The minimum absolute atomic E-state index is 0.171. The van der Waals surface area contributed by atoms with Gasteiger partial charge in [-0.15, -0.1) is 0 Å². The van der Waals surface area contributed by atoms with Gasteiger partial charge in [0.05, 0.1) is 12.0 Å². The van der Waals surface area contributed by atoms with Gasteiger partial charge in [-0.05, 0) is 69.6 Å². The second-order valence-electron chi connectivity index (χ2n) is 7.04. The highest BCUT2D eigenvalue weighted by molar-refractivity contribution is 6.30. The molecule has 0 amide bonds. The van der Waals surface area contributed by atoms with E-state index in [0.717, 1.165) is 54.9 Å².